The zero-order chi connectivity index (χ0) is 8.39. The molecule has 2 rings (SSSR count). The average molecular weight is 169 g/mol. The molecule has 2 nitrogen and oxygen atoms in total. The van der Waals surface area contributed by atoms with Gasteiger partial charge < -0.3 is 9.73 Å². The molecule has 0 aromatic carbocycles. The standard InChI is InChI=1S/C9H12FNO/c10-9-5-7(6-12-9)8-3-1-2-4-11-8/h5-6,8,11H,1-4H2/t8-/m0/s1. The second-order valence-corrected chi connectivity index (χ2v) is 3.19. The molecule has 1 saturated heterocycles. The summed E-state index contributed by atoms with van der Waals surface area (Å²) in [4.78, 5) is 0. The first-order chi connectivity index (χ1) is 5.86. The summed E-state index contributed by atoms with van der Waals surface area (Å²) in [5.41, 5.74) is 0.937. The first-order valence-corrected chi connectivity index (χ1v) is 4.33. The summed E-state index contributed by atoms with van der Waals surface area (Å²) in [6, 6.07) is 1.27. The highest BCUT2D eigenvalue weighted by Gasteiger charge is 2.16. The van der Waals surface area contributed by atoms with Crippen molar-refractivity contribution in [3.8, 4) is 0 Å². The molecule has 66 valence electrons. The van der Waals surface area contributed by atoms with E-state index in [4.69, 9.17) is 0 Å². The summed E-state index contributed by atoms with van der Waals surface area (Å²) in [7, 11) is 0. The lowest BCUT2D eigenvalue weighted by atomic mass is 10.0. The third-order valence-corrected chi connectivity index (χ3v) is 2.30. The maximum Gasteiger partial charge on any atom is 0.277 e. The van der Waals surface area contributed by atoms with Crippen LogP contribution in [0.5, 0.6) is 0 Å². The molecule has 1 aliphatic heterocycles. The number of hydrogen-bond acceptors (Lipinski definition) is 2. The lowest BCUT2D eigenvalue weighted by Gasteiger charge is -2.21. The van der Waals surface area contributed by atoms with Crippen molar-refractivity contribution in [3.63, 3.8) is 0 Å². The van der Waals surface area contributed by atoms with Gasteiger partial charge in [-0.15, -0.1) is 0 Å². The van der Waals surface area contributed by atoms with Crippen molar-refractivity contribution < 1.29 is 8.81 Å². The van der Waals surface area contributed by atoms with E-state index in [1.165, 1.54) is 25.2 Å². The van der Waals surface area contributed by atoms with E-state index in [-0.39, 0.29) is 0 Å². The highest BCUT2D eigenvalue weighted by Crippen LogP contribution is 2.23. The second kappa shape index (κ2) is 3.27. The maximum atomic E-state index is 12.5. The Labute approximate surface area is 70.8 Å². The molecular weight excluding hydrogens is 157 g/mol. The molecule has 3 heteroatoms. The number of furan rings is 1. The monoisotopic (exact) mass is 169 g/mol. The van der Waals surface area contributed by atoms with Gasteiger partial charge in [0.05, 0.1) is 6.26 Å². The average Bonchev–Trinajstić information content (AvgIpc) is 2.54. The van der Waals surface area contributed by atoms with Gasteiger partial charge in [-0.1, -0.05) is 6.42 Å². The Morgan fingerprint density at radius 1 is 1.50 bits per heavy atom. The van der Waals surface area contributed by atoms with Crippen molar-refractivity contribution in [2.75, 3.05) is 6.54 Å². The van der Waals surface area contributed by atoms with E-state index >= 15 is 0 Å². The van der Waals surface area contributed by atoms with E-state index in [2.05, 4.69) is 9.73 Å². The van der Waals surface area contributed by atoms with Crippen molar-refractivity contribution in [2.24, 2.45) is 0 Å². The lowest BCUT2D eigenvalue weighted by molar-refractivity contribution is 0.357. The van der Waals surface area contributed by atoms with Gasteiger partial charge in [0, 0.05) is 17.7 Å². The van der Waals surface area contributed by atoms with Gasteiger partial charge in [-0.3, -0.25) is 0 Å². The largest absolute Gasteiger partial charge is 0.439 e. The van der Waals surface area contributed by atoms with Crippen LogP contribution in [-0.2, 0) is 0 Å². The molecule has 2 heterocycles. The number of nitrogens with one attached hydrogen (secondary N) is 1. The summed E-state index contributed by atoms with van der Waals surface area (Å²) in [5.74, 6) is 0. The molecular formula is C9H12FNO. The van der Waals surface area contributed by atoms with Crippen molar-refractivity contribution >= 4 is 0 Å². The summed E-state index contributed by atoms with van der Waals surface area (Å²) >= 11 is 0. The molecule has 0 aliphatic carbocycles. The van der Waals surface area contributed by atoms with Gasteiger partial charge in [-0.05, 0) is 19.4 Å². The Morgan fingerprint density at radius 3 is 3.00 bits per heavy atom. The van der Waals surface area contributed by atoms with Crippen LogP contribution in [0, 0.1) is 6.01 Å². The van der Waals surface area contributed by atoms with Gasteiger partial charge in [0.2, 0.25) is 0 Å². The summed E-state index contributed by atoms with van der Waals surface area (Å²) in [6.07, 6.45) is 5.01. The fourth-order valence-electron chi connectivity index (χ4n) is 1.64. The van der Waals surface area contributed by atoms with Crippen LogP contribution in [0.25, 0.3) is 0 Å². The van der Waals surface area contributed by atoms with E-state index in [0.717, 1.165) is 18.5 Å². The molecule has 1 aromatic rings. The van der Waals surface area contributed by atoms with Gasteiger partial charge in [-0.25, -0.2) is 0 Å². The van der Waals surface area contributed by atoms with Crippen molar-refractivity contribution in [2.45, 2.75) is 25.3 Å². The van der Waals surface area contributed by atoms with E-state index < -0.39 is 6.01 Å². The predicted molar refractivity (Wildman–Crippen MR) is 43.3 cm³/mol. The van der Waals surface area contributed by atoms with Gasteiger partial charge in [0.25, 0.3) is 6.01 Å². The minimum absolute atomic E-state index is 0.298. The van der Waals surface area contributed by atoms with Crippen LogP contribution in [0.1, 0.15) is 30.9 Å². The van der Waals surface area contributed by atoms with Crippen LogP contribution < -0.4 is 5.32 Å². The third kappa shape index (κ3) is 1.50. The molecule has 0 saturated carbocycles. The molecule has 1 atom stereocenters. The Morgan fingerprint density at radius 2 is 2.42 bits per heavy atom. The second-order valence-electron chi connectivity index (χ2n) is 3.19. The van der Waals surface area contributed by atoms with E-state index in [1.54, 1.807) is 0 Å². The molecule has 0 amide bonds. The maximum absolute atomic E-state index is 12.5. The van der Waals surface area contributed by atoms with Gasteiger partial charge in [0.15, 0.2) is 0 Å². The van der Waals surface area contributed by atoms with Crippen LogP contribution in [0.3, 0.4) is 0 Å². The number of piperidine rings is 1. The predicted octanol–water partition coefficient (Wildman–Crippen LogP) is 2.23. The van der Waals surface area contributed by atoms with Gasteiger partial charge in [0.1, 0.15) is 0 Å². The Hall–Kier alpha value is -0.830. The molecule has 0 spiro atoms. The highest BCUT2D eigenvalue weighted by atomic mass is 19.1. The molecule has 1 aromatic heterocycles. The molecule has 1 N–H and O–H groups in total. The van der Waals surface area contributed by atoms with Gasteiger partial charge in [-0.2, -0.15) is 4.39 Å². The van der Waals surface area contributed by atoms with E-state index in [0.29, 0.717) is 6.04 Å². The van der Waals surface area contributed by atoms with Crippen LogP contribution in [0.15, 0.2) is 16.7 Å². The van der Waals surface area contributed by atoms with Crippen molar-refractivity contribution in [1.29, 1.82) is 0 Å². The van der Waals surface area contributed by atoms with Crippen LogP contribution >= 0.6 is 0 Å². The molecule has 12 heavy (non-hydrogen) atoms. The molecule has 0 radical (unpaired) electrons. The number of halogens is 1. The molecule has 0 unspecified atom stereocenters. The van der Waals surface area contributed by atoms with Crippen molar-refractivity contribution in [3.05, 3.63) is 23.9 Å². The number of rotatable bonds is 1. The number of hydrogen-bond donors (Lipinski definition) is 1. The molecule has 0 bridgehead atoms. The fourth-order valence-corrected chi connectivity index (χ4v) is 1.64. The summed E-state index contributed by atoms with van der Waals surface area (Å²) < 4.78 is 17.1. The zero-order valence-corrected chi connectivity index (χ0v) is 6.85. The minimum atomic E-state index is -0.489. The zero-order valence-electron chi connectivity index (χ0n) is 6.85. The Kier molecular flexibility index (Phi) is 2.13. The van der Waals surface area contributed by atoms with Crippen molar-refractivity contribution in [1.82, 2.24) is 5.32 Å². The SMILES string of the molecule is Fc1cc([C@@H]2CCCCN2)co1. The highest BCUT2D eigenvalue weighted by molar-refractivity contribution is 5.12. The van der Waals surface area contributed by atoms with Crippen LogP contribution in [0.4, 0.5) is 4.39 Å². The minimum Gasteiger partial charge on any atom is -0.439 e. The third-order valence-electron chi connectivity index (χ3n) is 2.30. The smallest absolute Gasteiger partial charge is 0.277 e. The summed E-state index contributed by atoms with van der Waals surface area (Å²) in [6.45, 7) is 1.03. The molecule has 1 fully saturated rings. The quantitative estimate of drug-likeness (QED) is 0.697. The fraction of sp³-hybridized carbons (Fsp3) is 0.556. The van der Waals surface area contributed by atoms with Gasteiger partial charge >= 0.3 is 0 Å². The topological polar surface area (TPSA) is 25.2 Å². The Bertz CT molecular complexity index is 253. The molecule has 1 aliphatic rings. The first-order valence-electron chi connectivity index (χ1n) is 4.33. The first kappa shape index (κ1) is 7.80. The normalized spacial score (nSPS) is 24.2. The summed E-state index contributed by atoms with van der Waals surface area (Å²) in [5, 5.41) is 3.32. The Balaban J connectivity index is 2.08. The van der Waals surface area contributed by atoms with Crippen LogP contribution in [-0.4, -0.2) is 6.54 Å². The van der Waals surface area contributed by atoms with Crippen LogP contribution in [0.2, 0.25) is 0 Å². The van der Waals surface area contributed by atoms with E-state index in [1.807, 2.05) is 0 Å². The lowest BCUT2D eigenvalue weighted by Crippen LogP contribution is -2.26. The van der Waals surface area contributed by atoms with E-state index in [9.17, 15) is 4.39 Å².